The van der Waals surface area contributed by atoms with Crippen molar-refractivity contribution in [2.24, 2.45) is 5.92 Å². The van der Waals surface area contributed by atoms with Gasteiger partial charge in [0, 0.05) is 18.6 Å². The zero-order chi connectivity index (χ0) is 14.7. The molecule has 2 fully saturated rings. The molecule has 1 aliphatic carbocycles. The molecule has 2 heteroatoms. The SMILES string of the molecule is CCc1ccc(C(CN2CCCC3CCCC32)NC)cc1. The number of nitrogens with one attached hydrogen (secondary N) is 1. The predicted octanol–water partition coefficient (Wildman–Crippen LogP) is 3.77. The molecule has 1 aromatic carbocycles. The first-order valence-corrected chi connectivity index (χ1v) is 8.82. The van der Waals surface area contributed by atoms with Crippen LogP contribution in [0.25, 0.3) is 0 Å². The molecule has 3 unspecified atom stereocenters. The Labute approximate surface area is 129 Å². The average Bonchev–Trinajstić information content (AvgIpc) is 3.02. The van der Waals surface area contributed by atoms with Gasteiger partial charge >= 0.3 is 0 Å². The highest BCUT2D eigenvalue weighted by atomic mass is 15.2. The third kappa shape index (κ3) is 3.32. The Bertz CT molecular complexity index is 439. The van der Waals surface area contributed by atoms with Crippen LogP contribution in [0.2, 0.25) is 0 Å². The molecule has 3 atom stereocenters. The molecule has 2 aliphatic rings. The van der Waals surface area contributed by atoms with Crippen LogP contribution in [0.5, 0.6) is 0 Å². The van der Waals surface area contributed by atoms with Gasteiger partial charge in [0.25, 0.3) is 0 Å². The normalized spacial score (nSPS) is 27.5. The van der Waals surface area contributed by atoms with Crippen LogP contribution in [-0.2, 0) is 6.42 Å². The molecule has 3 rings (SSSR count). The maximum absolute atomic E-state index is 3.54. The molecule has 0 bridgehead atoms. The molecule has 1 saturated carbocycles. The number of nitrogens with zero attached hydrogens (tertiary/aromatic N) is 1. The van der Waals surface area contributed by atoms with Crippen molar-refractivity contribution in [3.05, 3.63) is 35.4 Å². The summed E-state index contributed by atoms with van der Waals surface area (Å²) < 4.78 is 0. The van der Waals surface area contributed by atoms with Crippen molar-refractivity contribution in [2.75, 3.05) is 20.1 Å². The molecule has 0 aromatic heterocycles. The van der Waals surface area contributed by atoms with Gasteiger partial charge in [-0.15, -0.1) is 0 Å². The van der Waals surface area contributed by atoms with E-state index < -0.39 is 0 Å². The van der Waals surface area contributed by atoms with E-state index in [9.17, 15) is 0 Å². The van der Waals surface area contributed by atoms with E-state index in [1.54, 1.807) is 0 Å². The summed E-state index contributed by atoms with van der Waals surface area (Å²) in [4.78, 5) is 2.77. The van der Waals surface area contributed by atoms with Crippen LogP contribution >= 0.6 is 0 Å². The maximum atomic E-state index is 3.54. The summed E-state index contributed by atoms with van der Waals surface area (Å²) in [6.07, 6.45) is 8.33. The standard InChI is InChI=1S/C19H30N2/c1-3-15-9-11-16(12-10-15)18(20-2)14-21-13-5-7-17-6-4-8-19(17)21/h9-12,17-20H,3-8,13-14H2,1-2H3. The van der Waals surface area contributed by atoms with Gasteiger partial charge in [-0.1, -0.05) is 37.6 Å². The van der Waals surface area contributed by atoms with Gasteiger partial charge < -0.3 is 5.32 Å². The molecule has 1 N–H and O–H groups in total. The van der Waals surface area contributed by atoms with Crippen LogP contribution in [0.4, 0.5) is 0 Å². The Morgan fingerprint density at radius 3 is 2.62 bits per heavy atom. The van der Waals surface area contributed by atoms with Crippen LogP contribution in [0.3, 0.4) is 0 Å². The zero-order valence-corrected chi connectivity index (χ0v) is 13.6. The Hall–Kier alpha value is -0.860. The Kier molecular flexibility index (Phi) is 4.97. The van der Waals surface area contributed by atoms with E-state index in [1.807, 2.05) is 0 Å². The lowest BCUT2D eigenvalue weighted by molar-refractivity contribution is 0.102. The third-order valence-corrected chi connectivity index (χ3v) is 5.66. The van der Waals surface area contributed by atoms with Crippen molar-refractivity contribution < 1.29 is 0 Å². The highest BCUT2D eigenvalue weighted by Crippen LogP contribution is 2.37. The summed E-state index contributed by atoms with van der Waals surface area (Å²) >= 11 is 0. The molecule has 116 valence electrons. The molecule has 21 heavy (non-hydrogen) atoms. The second kappa shape index (κ2) is 6.93. The van der Waals surface area contributed by atoms with Crippen molar-refractivity contribution in [3.63, 3.8) is 0 Å². The first kappa shape index (κ1) is 15.1. The van der Waals surface area contributed by atoms with Crippen molar-refractivity contribution in [1.29, 1.82) is 0 Å². The minimum Gasteiger partial charge on any atom is -0.312 e. The number of hydrogen-bond donors (Lipinski definition) is 1. The Morgan fingerprint density at radius 1 is 1.14 bits per heavy atom. The fourth-order valence-corrected chi connectivity index (χ4v) is 4.37. The maximum Gasteiger partial charge on any atom is 0.0446 e. The number of rotatable bonds is 5. The lowest BCUT2D eigenvalue weighted by Gasteiger charge is -2.39. The third-order valence-electron chi connectivity index (χ3n) is 5.66. The number of likely N-dealkylation sites (tertiary alicyclic amines) is 1. The molecule has 1 saturated heterocycles. The van der Waals surface area contributed by atoms with E-state index in [4.69, 9.17) is 0 Å². The van der Waals surface area contributed by atoms with Gasteiger partial charge in [-0.3, -0.25) is 4.90 Å². The Morgan fingerprint density at radius 2 is 1.90 bits per heavy atom. The molecular weight excluding hydrogens is 256 g/mol. The van der Waals surface area contributed by atoms with Gasteiger partial charge in [0.05, 0.1) is 0 Å². The van der Waals surface area contributed by atoms with Crippen molar-refractivity contribution in [3.8, 4) is 0 Å². The van der Waals surface area contributed by atoms with Gasteiger partial charge in [0.2, 0.25) is 0 Å². The van der Waals surface area contributed by atoms with E-state index in [0.717, 1.165) is 18.4 Å². The van der Waals surface area contributed by atoms with E-state index in [-0.39, 0.29) is 0 Å². The highest BCUT2D eigenvalue weighted by Gasteiger charge is 2.35. The fourth-order valence-electron chi connectivity index (χ4n) is 4.37. The number of hydrogen-bond acceptors (Lipinski definition) is 2. The van der Waals surface area contributed by atoms with Crippen LogP contribution < -0.4 is 5.32 Å². The second-order valence-electron chi connectivity index (χ2n) is 6.83. The minimum atomic E-state index is 0.468. The molecule has 1 aliphatic heterocycles. The van der Waals surface area contributed by atoms with Gasteiger partial charge in [-0.2, -0.15) is 0 Å². The van der Waals surface area contributed by atoms with Crippen LogP contribution in [-0.4, -0.2) is 31.1 Å². The quantitative estimate of drug-likeness (QED) is 0.886. The van der Waals surface area contributed by atoms with Crippen molar-refractivity contribution in [1.82, 2.24) is 10.2 Å². The average molecular weight is 286 g/mol. The lowest BCUT2D eigenvalue weighted by Crippen LogP contribution is -2.46. The minimum absolute atomic E-state index is 0.468. The first-order chi connectivity index (χ1) is 10.3. The number of benzene rings is 1. The van der Waals surface area contributed by atoms with Crippen LogP contribution in [0.15, 0.2) is 24.3 Å². The summed E-state index contributed by atoms with van der Waals surface area (Å²) in [7, 11) is 2.11. The Balaban J connectivity index is 1.68. The summed E-state index contributed by atoms with van der Waals surface area (Å²) in [5.74, 6) is 0.985. The monoisotopic (exact) mass is 286 g/mol. The molecule has 0 spiro atoms. The predicted molar refractivity (Wildman–Crippen MR) is 89.6 cm³/mol. The van der Waals surface area contributed by atoms with Gasteiger partial charge in [0.15, 0.2) is 0 Å². The molecule has 2 nitrogen and oxygen atoms in total. The summed E-state index contributed by atoms with van der Waals surface area (Å²) in [6.45, 7) is 4.69. The lowest BCUT2D eigenvalue weighted by atomic mass is 9.91. The summed E-state index contributed by atoms with van der Waals surface area (Å²) in [6, 6.07) is 10.5. The van der Waals surface area contributed by atoms with Gasteiger partial charge in [0.1, 0.15) is 0 Å². The van der Waals surface area contributed by atoms with E-state index in [1.165, 1.54) is 56.3 Å². The van der Waals surface area contributed by atoms with Crippen molar-refractivity contribution in [2.45, 2.75) is 57.5 Å². The van der Waals surface area contributed by atoms with Gasteiger partial charge in [-0.25, -0.2) is 0 Å². The number of fused-ring (bicyclic) bond motifs is 1. The molecular formula is C19H30N2. The number of aryl methyl sites for hydroxylation is 1. The van der Waals surface area contributed by atoms with E-state index in [2.05, 4.69) is 48.5 Å². The highest BCUT2D eigenvalue weighted by molar-refractivity contribution is 5.25. The number of likely N-dealkylation sites (N-methyl/N-ethyl adjacent to an activating group) is 1. The molecule has 1 heterocycles. The summed E-state index contributed by atoms with van der Waals surface area (Å²) in [5, 5.41) is 3.54. The zero-order valence-electron chi connectivity index (χ0n) is 13.6. The first-order valence-electron chi connectivity index (χ1n) is 8.82. The topological polar surface area (TPSA) is 15.3 Å². The van der Waals surface area contributed by atoms with E-state index in [0.29, 0.717) is 6.04 Å². The van der Waals surface area contributed by atoms with Crippen molar-refractivity contribution >= 4 is 0 Å². The fraction of sp³-hybridized carbons (Fsp3) is 0.684. The molecule has 0 radical (unpaired) electrons. The second-order valence-corrected chi connectivity index (χ2v) is 6.83. The van der Waals surface area contributed by atoms with Crippen LogP contribution in [0, 0.1) is 5.92 Å². The van der Waals surface area contributed by atoms with Crippen LogP contribution in [0.1, 0.15) is 56.2 Å². The smallest absolute Gasteiger partial charge is 0.0446 e. The van der Waals surface area contributed by atoms with Gasteiger partial charge in [-0.05, 0) is 62.7 Å². The molecule has 0 amide bonds. The largest absolute Gasteiger partial charge is 0.312 e. The van der Waals surface area contributed by atoms with E-state index >= 15 is 0 Å². The number of piperidine rings is 1. The summed E-state index contributed by atoms with van der Waals surface area (Å²) in [5.41, 5.74) is 2.87. The molecule has 1 aromatic rings.